The van der Waals surface area contributed by atoms with E-state index < -0.39 is 5.67 Å². The normalized spacial score (nSPS) is 16.5. The first-order valence-corrected chi connectivity index (χ1v) is 12.1. The van der Waals surface area contributed by atoms with E-state index >= 15 is 0 Å². The Bertz CT molecular complexity index is 1130. The van der Waals surface area contributed by atoms with E-state index in [2.05, 4.69) is 91.5 Å². The zero-order valence-corrected chi connectivity index (χ0v) is 20.2. The number of hydrogen-bond acceptors (Lipinski definition) is 0. The average Bonchev–Trinajstić information content (AvgIpc) is 3.60. The van der Waals surface area contributed by atoms with Crippen LogP contribution in [0.2, 0.25) is 0 Å². The summed E-state index contributed by atoms with van der Waals surface area (Å²) in [5, 5.41) is 0. The summed E-state index contributed by atoms with van der Waals surface area (Å²) in [6.07, 6.45) is 8.96. The minimum absolute atomic E-state index is 0.124. The molecular formula is C32H35F. The Morgan fingerprint density at radius 2 is 1.61 bits per heavy atom. The fraction of sp³-hybridized carbons (Fsp3) is 0.312. The van der Waals surface area contributed by atoms with Crippen molar-refractivity contribution in [2.24, 2.45) is 0 Å². The highest BCUT2D eigenvalue weighted by atomic mass is 19.1. The standard InChI is InChI=1S/C32H35F/c1-5-31(4,33)23-26-12-16-30(17-13-26)32(20-21-32)19-18-28-8-6-7-9-29(28)22-25-10-14-27(15-11-25)24(2)3/h6-19H,2,5,20-23H2,1,3-4H3/b19-18+. The highest BCUT2D eigenvalue weighted by Gasteiger charge is 2.41. The van der Waals surface area contributed by atoms with Crippen molar-refractivity contribution < 1.29 is 4.39 Å². The van der Waals surface area contributed by atoms with Crippen LogP contribution in [-0.4, -0.2) is 5.67 Å². The third-order valence-corrected chi connectivity index (χ3v) is 7.11. The molecule has 1 atom stereocenters. The molecule has 1 unspecified atom stereocenters. The molecule has 0 spiro atoms. The number of hydrogen-bond donors (Lipinski definition) is 0. The van der Waals surface area contributed by atoms with Gasteiger partial charge in [-0.25, -0.2) is 4.39 Å². The molecule has 0 radical (unpaired) electrons. The molecule has 33 heavy (non-hydrogen) atoms. The molecule has 0 heterocycles. The van der Waals surface area contributed by atoms with Crippen molar-refractivity contribution in [1.82, 2.24) is 0 Å². The summed E-state index contributed by atoms with van der Waals surface area (Å²) < 4.78 is 14.4. The summed E-state index contributed by atoms with van der Waals surface area (Å²) in [6, 6.07) is 26.0. The molecule has 3 aromatic rings. The monoisotopic (exact) mass is 438 g/mol. The highest BCUT2D eigenvalue weighted by molar-refractivity contribution is 5.62. The largest absolute Gasteiger partial charge is 0.244 e. The van der Waals surface area contributed by atoms with Crippen LogP contribution in [0.3, 0.4) is 0 Å². The van der Waals surface area contributed by atoms with Gasteiger partial charge in [0.1, 0.15) is 5.67 Å². The zero-order valence-electron chi connectivity index (χ0n) is 20.2. The summed E-state index contributed by atoms with van der Waals surface area (Å²) in [5.41, 5.74) is 7.62. The van der Waals surface area contributed by atoms with Crippen LogP contribution in [0, 0.1) is 0 Å². The van der Waals surface area contributed by atoms with E-state index in [1.807, 2.05) is 13.8 Å². The van der Waals surface area contributed by atoms with Gasteiger partial charge in [-0.2, -0.15) is 0 Å². The second-order valence-electron chi connectivity index (χ2n) is 9.98. The van der Waals surface area contributed by atoms with Crippen molar-refractivity contribution in [2.45, 2.75) is 64.0 Å². The van der Waals surface area contributed by atoms with E-state index in [9.17, 15) is 4.39 Å². The Kier molecular flexibility index (Phi) is 6.70. The number of allylic oxidation sites excluding steroid dienone is 2. The lowest BCUT2D eigenvalue weighted by Crippen LogP contribution is -2.19. The van der Waals surface area contributed by atoms with Gasteiger partial charge in [-0.05, 0) is 72.9 Å². The summed E-state index contributed by atoms with van der Waals surface area (Å²) in [6.45, 7) is 9.67. The highest BCUT2D eigenvalue weighted by Crippen LogP contribution is 2.50. The van der Waals surface area contributed by atoms with Crippen LogP contribution in [0.5, 0.6) is 0 Å². The molecule has 0 saturated heterocycles. The summed E-state index contributed by atoms with van der Waals surface area (Å²) in [7, 11) is 0. The van der Waals surface area contributed by atoms with E-state index in [0.717, 1.165) is 17.6 Å². The molecule has 4 rings (SSSR count). The Morgan fingerprint density at radius 3 is 2.21 bits per heavy atom. The Morgan fingerprint density at radius 1 is 0.970 bits per heavy atom. The van der Waals surface area contributed by atoms with Gasteiger partial charge in [0.25, 0.3) is 0 Å². The summed E-state index contributed by atoms with van der Waals surface area (Å²) in [5.74, 6) is 0. The van der Waals surface area contributed by atoms with E-state index in [1.165, 1.54) is 40.7 Å². The Labute approximate surface area is 198 Å². The van der Waals surface area contributed by atoms with Gasteiger partial charge in [0.05, 0.1) is 0 Å². The molecule has 170 valence electrons. The smallest absolute Gasteiger partial charge is 0.112 e. The fourth-order valence-corrected chi connectivity index (χ4v) is 4.43. The molecule has 0 aromatic heterocycles. The molecule has 1 aliphatic rings. The van der Waals surface area contributed by atoms with Gasteiger partial charge in [-0.1, -0.05) is 104 Å². The van der Waals surface area contributed by atoms with Crippen LogP contribution in [-0.2, 0) is 18.3 Å². The van der Waals surface area contributed by atoms with Gasteiger partial charge in [-0.15, -0.1) is 0 Å². The minimum Gasteiger partial charge on any atom is -0.244 e. The second-order valence-corrected chi connectivity index (χ2v) is 9.98. The summed E-state index contributed by atoms with van der Waals surface area (Å²) >= 11 is 0. The number of benzene rings is 3. The molecule has 3 aromatic carbocycles. The van der Waals surface area contributed by atoms with E-state index in [-0.39, 0.29) is 5.41 Å². The Hall–Kier alpha value is -2.93. The van der Waals surface area contributed by atoms with Crippen LogP contribution < -0.4 is 0 Å². The third-order valence-electron chi connectivity index (χ3n) is 7.11. The topological polar surface area (TPSA) is 0 Å². The maximum atomic E-state index is 14.4. The van der Waals surface area contributed by atoms with Crippen molar-refractivity contribution in [3.63, 3.8) is 0 Å². The number of rotatable bonds is 9. The second kappa shape index (κ2) is 9.51. The molecular weight excluding hydrogens is 403 g/mol. The minimum atomic E-state index is -1.13. The van der Waals surface area contributed by atoms with Crippen LogP contribution in [0.1, 0.15) is 73.4 Å². The maximum Gasteiger partial charge on any atom is 0.112 e. The lowest BCUT2D eigenvalue weighted by molar-refractivity contribution is 0.183. The van der Waals surface area contributed by atoms with Gasteiger partial charge in [0, 0.05) is 11.8 Å². The zero-order chi connectivity index (χ0) is 23.5. The predicted octanol–water partition coefficient (Wildman–Crippen LogP) is 8.74. The van der Waals surface area contributed by atoms with Gasteiger partial charge in [0.15, 0.2) is 0 Å². The fourth-order valence-electron chi connectivity index (χ4n) is 4.43. The molecule has 0 nitrogen and oxygen atoms in total. The first kappa shape index (κ1) is 23.2. The molecule has 1 saturated carbocycles. The van der Waals surface area contributed by atoms with Gasteiger partial charge in [-0.3, -0.25) is 0 Å². The SMILES string of the molecule is C=C(C)c1ccc(Cc2ccccc2/C=C/C2(c3ccc(CC(C)(F)CC)cc3)CC2)cc1. The molecule has 0 aliphatic heterocycles. The van der Waals surface area contributed by atoms with Crippen LogP contribution in [0.15, 0.2) is 85.5 Å². The average molecular weight is 439 g/mol. The van der Waals surface area contributed by atoms with Crippen LogP contribution >= 0.6 is 0 Å². The lowest BCUT2D eigenvalue weighted by atomic mass is 9.90. The van der Waals surface area contributed by atoms with Crippen molar-refractivity contribution in [3.8, 4) is 0 Å². The van der Waals surface area contributed by atoms with Crippen molar-refractivity contribution in [3.05, 3.63) is 119 Å². The van der Waals surface area contributed by atoms with Crippen molar-refractivity contribution >= 4 is 11.6 Å². The molecule has 0 N–H and O–H groups in total. The first-order valence-electron chi connectivity index (χ1n) is 12.1. The van der Waals surface area contributed by atoms with E-state index in [0.29, 0.717) is 12.8 Å². The molecule has 1 aliphatic carbocycles. The van der Waals surface area contributed by atoms with E-state index in [4.69, 9.17) is 0 Å². The van der Waals surface area contributed by atoms with E-state index in [1.54, 1.807) is 6.92 Å². The third kappa shape index (κ3) is 5.71. The number of halogens is 1. The molecule has 1 heteroatoms. The molecule has 0 bridgehead atoms. The van der Waals surface area contributed by atoms with Gasteiger partial charge in [0.2, 0.25) is 0 Å². The molecule has 0 amide bonds. The maximum absolute atomic E-state index is 14.4. The van der Waals surface area contributed by atoms with Crippen LogP contribution in [0.4, 0.5) is 4.39 Å². The quantitative estimate of drug-likeness (QED) is 0.313. The summed E-state index contributed by atoms with van der Waals surface area (Å²) in [4.78, 5) is 0. The first-order chi connectivity index (χ1) is 15.8. The number of alkyl halides is 1. The molecule has 1 fully saturated rings. The van der Waals surface area contributed by atoms with Crippen molar-refractivity contribution in [1.29, 1.82) is 0 Å². The Balaban J connectivity index is 1.49. The van der Waals surface area contributed by atoms with Crippen molar-refractivity contribution in [2.75, 3.05) is 0 Å². The lowest BCUT2D eigenvalue weighted by Gasteiger charge is -2.19. The predicted molar refractivity (Wildman–Crippen MR) is 140 cm³/mol. The van der Waals surface area contributed by atoms with Gasteiger partial charge < -0.3 is 0 Å². The van der Waals surface area contributed by atoms with Gasteiger partial charge >= 0.3 is 0 Å². The van der Waals surface area contributed by atoms with Crippen LogP contribution in [0.25, 0.3) is 11.6 Å².